The molecule has 6 nitrogen and oxygen atoms in total. The van der Waals surface area contributed by atoms with Crippen molar-refractivity contribution in [1.29, 1.82) is 0 Å². The number of rotatable bonds is 6. The van der Waals surface area contributed by atoms with Gasteiger partial charge in [-0.15, -0.1) is 0 Å². The number of hydrogen-bond acceptors (Lipinski definition) is 4. The number of esters is 1. The normalized spacial score (nSPS) is 31.0. The molecule has 2 amide bonds. The van der Waals surface area contributed by atoms with Crippen LogP contribution in [0.3, 0.4) is 0 Å². The van der Waals surface area contributed by atoms with Crippen LogP contribution in [0.2, 0.25) is 0 Å². The number of nitrogens with one attached hydrogen (secondary N) is 2. The molecule has 148 valence electrons. The zero-order chi connectivity index (χ0) is 19.0. The average Bonchev–Trinajstić information content (AvgIpc) is 2.99. The van der Waals surface area contributed by atoms with Crippen molar-refractivity contribution < 1.29 is 18.7 Å². The standard InChI is InChI=1S/C21H30N2O4/c1-13-18(19(24)26-2)8-17(27-13)12-23-20(25)22-4-3-21-9-14-5-15(10-21)7-16(6-14)11-21/h8,14-16H,3-7,9-12H2,1-2H3,(H2,22,23,25). The Hall–Kier alpha value is -1.98. The summed E-state index contributed by atoms with van der Waals surface area (Å²) >= 11 is 0. The van der Waals surface area contributed by atoms with Gasteiger partial charge in [-0.1, -0.05) is 0 Å². The van der Waals surface area contributed by atoms with Crippen LogP contribution in [-0.4, -0.2) is 25.7 Å². The predicted octanol–water partition coefficient (Wildman–Crippen LogP) is 3.78. The zero-order valence-electron chi connectivity index (χ0n) is 16.3. The van der Waals surface area contributed by atoms with Crippen LogP contribution in [-0.2, 0) is 11.3 Å². The van der Waals surface area contributed by atoms with Crippen molar-refractivity contribution >= 4 is 12.0 Å². The molecule has 5 rings (SSSR count). The SMILES string of the molecule is COC(=O)c1cc(CNC(=O)NCCC23CC4CC(CC(C4)C2)C3)oc1C. The van der Waals surface area contributed by atoms with E-state index in [1.807, 2.05) is 0 Å². The van der Waals surface area contributed by atoms with Crippen LogP contribution in [0.5, 0.6) is 0 Å². The van der Waals surface area contributed by atoms with Gasteiger partial charge in [0.15, 0.2) is 0 Å². The quantitative estimate of drug-likeness (QED) is 0.743. The van der Waals surface area contributed by atoms with Crippen LogP contribution in [0.1, 0.15) is 66.8 Å². The molecule has 27 heavy (non-hydrogen) atoms. The molecule has 1 heterocycles. The van der Waals surface area contributed by atoms with Gasteiger partial charge in [-0.25, -0.2) is 9.59 Å². The van der Waals surface area contributed by atoms with Crippen LogP contribution in [0, 0.1) is 30.1 Å². The Balaban J connectivity index is 1.22. The molecule has 1 aromatic rings. The second-order valence-electron chi connectivity index (χ2n) is 8.95. The molecule has 0 unspecified atom stereocenters. The van der Waals surface area contributed by atoms with Crippen LogP contribution < -0.4 is 10.6 Å². The molecule has 4 aliphatic rings. The van der Waals surface area contributed by atoms with Gasteiger partial charge in [0, 0.05) is 6.54 Å². The van der Waals surface area contributed by atoms with E-state index in [2.05, 4.69) is 10.6 Å². The van der Waals surface area contributed by atoms with Crippen LogP contribution >= 0.6 is 0 Å². The number of carbonyl (C=O) groups excluding carboxylic acids is 2. The third kappa shape index (κ3) is 3.85. The number of ether oxygens (including phenoxy) is 1. The Kier molecular flexibility index (Phi) is 4.91. The lowest BCUT2D eigenvalue weighted by molar-refractivity contribution is -0.0563. The van der Waals surface area contributed by atoms with Gasteiger partial charge in [0.1, 0.15) is 17.1 Å². The van der Waals surface area contributed by atoms with Crippen molar-refractivity contribution in [3.63, 3.8) is 0 Å². The third-order valence-corrected chi connectivity index (χ3v) is 6.90. The van der Waals surface area contributed by atoms with Gasteiger partial charge >= 0.3 is 12.0 Å². The lowest BCUT2D eigenvalue weighted by atomic mass is 9.49. The van der Waals surface area contributed by atoms with E-state index in [0.29, 0.717) is 22.5 Å². The average molecular weight is 374 g/mol. The number of aryl methyl sites for hydroxylation is 1. The maximum absolute atomic E-state index is 12.1. The minimum atomic E-state index is -0.428. The van der Waals surface area contributed by atoms with E-state index in [1.165, 1.54) is 45.6 Å². The Morgan fingerprint density at radius 3 is 2.37 bits per heavy atom. The first-order valence-corrected chi connectivity index (χ1v) is 10.2. The topological polar surface area (TPSA) is 80.6 Å². The van der Waals surface area contributed by atoms with Gasteiger partial charge in [0.2, 0.25) is 0 Å². The minimum absolute atomic E-state index is 0.187. The Bertz CT molecular complexity index is 688. The number of methoxy groups -OCH3 is 1. The highest BCUT2D eigenvalue weighted by Gasteiger charge is 2.50. The maximum atomic E-state index is 12.1. The minimum Gasteiger partial charge on any atom is -0.465 e. The summed E-state index contributed by atoms with van der Waals surface area (Å²) in [5.74, 6) is 3.44. The summed E-state index contributed by atoms with van der Waals surface area (Å²) < 4.78 is 10.2. The largest absolute Gasteiger partial charge is 0.465 e. The fourth-order valence-corrected chi connectivity index (χ4v) is 6.21. The first-order valence-electron chi connectivity index (χ1n) is 10.2. The molecule has 0 aromatic carbocycles. The van der Waals surface area contributed by atoms with Gasteiger partial charge in [0.25, 0.3) is 0 Å². The van der Waals surface area contributed by atoms with E-state index in [-0.39, 0.29) is 12.6 Å². The fraction of sp³-hybridized carbons (Fsp3) is 0.714. The molecule has 6 heteroatoms. The molecule has 0 spiro atoms. The fourth-order valence-electron chi connectivity index (χ4n) is 6.21. The molecule has 1 aromatic heterocycles. The summed E-state index contributed by atoms with van der Waals surface area (Å²) in [6.45, 7) is 2.69. The Morgan fingerprint density at radius 2 is 1.78 bits per heavy atom. The summed E-state index contributed by atoms with van der Waals surface area (Å²) in [7, 11) is 1.34. The molecular weight excluding hydrogens is 344 g/mol. The molecule has 4 bridgehead atoms. The lowest BCUT2D eigenvalue weighted by Gasteiger charge is -2.57. The first kappa shape index (κ1) is 18.4. The highest BCUT2D eigenvalue weighted by atomic mass is 16.5. The van der Waals surface area contributed by atoms with Gasteiger partial charge < -0.3 is 19.8 Å². The predicted molar refractivity (Wildman–Crippen MR) is 100 cm³/mol. The van der Waals surface area contributed by atoms with Crippen molar-refractivity contribution in [2.75, 3.05) is 13.7 Å². The van der Waals surface area contributed by atoms with E-state index in [1.54, 1.807) is 13.0 Å². The third-order valence-electron chi connectivity index (χ3n) is 6.90. The molecule has 4 aliphatic carbocycles. The van der Waals surface area contributed by atoms with E-state index in [4.69, 9.17) is 9.15 Å². The Morgan fingerprint density at radius 1 is 1.15 bits per heavy atom. The molecule has 0 aliphatic heterocycles. The second-order valence-corrected chi connectivity index (χ2v) is 8.95. The maximum Gasteiger partial charge on any atom is 0.341 e. The summed E-state index contributed by atoms with van der Waals surface area (Å²) in [5, 5.41) is 5.81. The lowest BCUT2D eigenvalue weighted by Crippen LogP contribution is -2.47. The number of amides is 2. The number of carbonyl (C=O) groups is 2. The van der Waals surface area contributed by atoms with Gasteiger partial charge in [0.05, 0.1) is 13.7 Å². The van der Waals surface area contributed by atoms with Crippen molar-refractivity contribution in [3.8, 4) is 0 Å². The van der Waals surface area contributed by atoms with Crippen LogP contribution in [0.4, 0.5) is 4.79 Å². The molecule has 0 atom stereocenters. The van der Waals surface area contributed by atoms with Crippen molar-refractivity contribution in [3.05, 3.63) is 23.2 Å². The number of furan rings is 1. The van der Waals surface area contributed by atoms with E-state index in [9.17, 15) is 9.59 Å². The van der Waals surface area contributed by atoms with Crippen molar-refractivity contribution in [2.45, 2.75) is 58.4 Å². The summed E-state index contributed by atoms with van der Waals surface area (Å²) in [5.41, 5.74) is 0.881. The van der Waals surface area contributed by atoms with Gasteiger partial charge in [-0.3, -0.25) is 0 Å². The number of hydrogen-bond donors (Lipinski definition) is 2. The molecule has 4 saturated carbocycles. The van der Waals surface area contributed by atoms with Gasteiger partial charge in [-0.05, 0) is 81.1 Å². The smallest absolute Gasteiger partial charge is 0.341 e. The van der Waals surface area contributed by atoms with Crippen LogP contribution in [0.15, 0.2) is 10.5 Å². The molecular formula is C21H30N2O4. The van der Waals surface area contributed by atoms with Crippen LogP contribution in [0.25, 0.3) is 0 Å². The van der Waals surface area contributed by atoms with Crippen molar-refractivity contribution in [2.24, 2.45) is 23.2 Å². The molecule has 2 N–H and O–H groups in total. The highest BCUT2D eigenvalue weighted by Crippen LogP contribution is 2.61. The zero-order valence-corrected chi connectivity index (χ0v) is 16.3. The van der Waals surface area contributed by atoms with Crippen molar-refractivity contribution in [1.82, 2.24) is 10.6 Å². The monoisotopic (exact) mass is 374 g/mol. The highest BCUT2D eigenvalue weighted by molar-refractivity contribution is 5.90. The molecule has 4 fully saturated rings. The summed E-state index contributed by atoms with van der Waals surface area (Å²) in [6, 6.07) is 1.44. The summed E-state index contributed by atoms with van der Waals surface area (Å²) in [4.78, 5) is 23.7. The van der Waals surface area contributed by atoms with E-state index < -0.39 is 5.97 Å². The molecule has 0 saturated heterocycles. The number of urea groups is 1. The van der Waals surface area contributed by atoms with E-state index in [0.717, 1.165) is 30.7 Å². The summed E-state index contributed by atoms with van der Waals surface area (Å²) in [6.07, 6.45) is 9.53. The molecule has 0 radical (unpaired) electrons. The second kappa shape index (κ2) is 7.21. The Labute approximate surface area is 160 Å². The van der Waals surface area contributed by atoms with E-state index >= 15 is 0 Å². The first-order chi connectivity index (χ1) is 13.0. The van der Waals surface area contributed by atoms with Gasteiger partial charge in [-0.2, -0.15) is 0 Å².